The lowest BCUT2D eigenvalue weighted by Gasteiger charge is -2.33. The van der Waals surface area contributed by atoms with Gasteiger partial charge in [0.1, 0.15) is 0 Å². The summed E-state index contributed by atoms with van der Waals surface area (Å²) in [4.78, 5) is 13.5. The molecule has 174 valence electrons. The summed E-state index contributed by atoms with van der Waals surface area (Å²) in [5, 5.41) is 3.88. The zero-order chi connectivity index (χ0) is 22.9. The second-order valence-electron chi connectivity index (χ2n) is 8.49. The Balaban J connectivity index is 1.43. The van der Waals surface area contributed by atoms with Crippen LogP contribution in [0.25, 0.3) is 21.1 Å². The van der Waals surface area contributed by atoms with Crippen molar-refractivity contribution in [2.45, 2.75) is 26.3 Å². The Hall–Kier alpha value is -1.44. The Bertz CT molecular complexity index is 1260. The van der Waals surface area contributed by atoms with Gasteiger partial charge in [-0.05, 0) is 55.1 Å². The number of halogens is 2. The molecular weight excluding hydrogens is 491 g/mol. The lowest BCUT2D eigenvalue weighted by atomic mass is 9.93. The van der Waals surface area contributed by atoms with E-state index in [1.165, 1.54) is 22.2 Å². The third kappa shape index (κ3) is 4.87. The topological polar surface area (TPSA) is 35.2 Å². The second kappa shape index (κ2) is 10.0. The number of aromatic nitrogens is 2. The van der Waals surface area contributed by atoms with Crippen LogP contribution < -0.4 is 4.90 Å². The Morgan fingerprint density at radius 2 is 1.94 bits per heavy atom. The highest BCUT2D eigenvalue weighted by Gasteiger charge is 2.30. The van der Waals surface area contributed by atoms with Gasteiger partial charge in [-0.25, -0.2) is 4.98 Å². The fraction of sp³-hybridized carbons (Fsp3) is 0.400. The van der Waals surface area contributed by atoms with Gasteiger partial charge >= 0.3 is 0 Å². The van der Waals surface area contributed by atoms with E-state index < -0.39 is 0 Å². The summed E-state index contributed by atoms with van der Waals surface area (Å²) in [6, 6.07) is 12.1. The van der Waals surface area contributed by atoms with Crippen molar-refractivity contribution in [3.8, 4) is 0 Å². The zero-order valence-electron chi connectivity index (χ0n) is 18.9. The molecule has 1 unspecified atom stereocenters. The standard InChI is InChI=1S/C25H28Cl2N4S2/c1-3-30(4-2)9-10-32-15-16-13-31(25-29-21-8-6-18(27)12-23(21)33-25)14-22-24(16)19-11-17(26)5-7-20(19)28-22/h5-8,11-12,16,28H,3-4,9-10,13-15H2,1-2H3. The van der Waals surface area contributed by atoms with Gasteiger partial charge in [-0.15, -0.1) is 0 Å². The van der Waals surface area contributed by atoms with Gasteiger partial charge in [-0.2, -0.15) is 11.8 Å². The van der Waals surface area contributed by atoms with Gasteiger partial charge in [-0.3, -0.25) is 0 Å². The minimum absolute atomic E-state index is 0.415. The number of hydrogen-bond donors (Lipinski definition) is 1. The summed E-state index contributed by atoms with van der Waals surface area (Å²) in [6.45, 7) is 9.62. The number of anilines is 1. The molecule has 0 saturated carbocycles. The van der Waals surface area contributed by atoms with Gasteiger partial charge in [0.2, 0.25) is 0 Å². The van der Waals surface area contributed by atoms with E-state index in [1.807, 2.05) is 24.3 Å². The Kier molecular flexibility index (Phi) is 7.09. The molecule has 4 nitrogen and oxygen atoms in total. The van der Waals surface area contributed by atoms with Crippen molar-refractivity contribution < 1.29 is 0 Å². The highest BCUT2D eigenvalue weighted by molar-refractivity contribution is 7.99. The van der Waals surface area contributed by atoms with Crippen molar-refractivity contribution in [3.63, 3.8) is 0 Å². The smallest absolute Gasteiger partial charge is 0.186 e. The number of fused-ring (bicyclic) bond motifs is 4. The van der Waals surface area contributed by atoms with Crippen molar-refractivity contribution >= 4 is 72.6 Å². The van der Waals surface area contributed by atoms with E-state index in [1.54, 1.807) is 11.3 Å². The van der Waals surface area contributed by atoms with Crippen molar-refractivity contribution in [2.24, 2.45) is 0 Å². The average Bonchev–Trinajstić information content (AvgIpc) is 3.39. The highest BCUT2D eigenvalue weighted by Crippen LogP contribution is 2.40. The third-order valence-corrected chi connectivity index (χ3v) is 9.11. The minimum atomic E-state index is 0.415. The summed E-state index contributed by atoms with van der Waals surface area (Å²) in [5.74, 6) is 2.65. The number of thiazole rings is 1. The Morgan fingerprint density at radius 3 is 2.76 bits per heavy atom. The van der Waals surface area contributed by atoms with E-state index in [0.717, 1.165) is 69.6 Å². The molecule has 5 rings (SSSR count). The van der Waals surface area contributed by atoms with E-state index in [9.17, 15) is 0 Å². The lowest BCUT2D eigenvalue weighted by Crippen LogP contribution is -2.34. The number of nitrogens with zero attached hydrogens (tertiary/aromatic N) is 3. The molecule has 3 heterocycles. The first-order chi connectivity index (χ1) is 16.1. The molecule has 0 amide bonds. The number of nitrogens with one attached hydrogen (secondary N) is 1. The molecule has 4 aromatic rings. The van der Waals surface area contributed by atoms with Gasteiger partial charge in [0.05, 0.1) is 16.8 Å². The molecule has 1 aliphatic heterocycles. The van der Waals surface area contributed by atoms with Gasteiger partial charge in [0.25, 0.3) is 0 Å². The summed E-state index contributed by atoms with van der Waals surface area (Å²) < 4.78 is 1.14. The van der Waals surface area contributed by atoms with Crippen LogP contribution in [0.5, 0.6) is 0 Å². The normalized spacial score (nSPS) is 16.3. The maximum absolute atomic E-state index is 6.39. The summed E-state index contributed by atoms with van der Waals surface area (Å²) in [7, 11) is 0. The monoisotopic (exact) mass is 518 g/mol. The average molecular weight is 520 g/mol. The first-order valence-electron chi connectivity index (χ1n) is 11.5. The van der Waals surface area contributed by atoms with Crippen molar-refractivity contribution in [2.75, 3.05) is 42.6 Å². The van der Waals surface area contributed by atoms with Gasteiger partial charge in [0, 0.05) is 57.2 Å². The fourth-order valence-electron chi connectivity index (χ4n) is 4.71. The number of aromatic amines is 1. The fourth-order valence-corrected chi connectivity index (χ4v) is 7.24. The largest absolute Gasteiger partial charge is 0.357 e. The van der Waals surface area contributed by atoms with Crippen LogP contribution in [0.15, 0.2) is 36.4 Å². The summed E-state index contributed by atoms with van der Waals surface area (Å²) in [6.07, 6.45) is 0. The van der Waals surface area contributed by atoms with Crippen LogP contribution in [0.2, 0.25) is 10.0 Å². The van der Waals surface area contributed by atoms with Crippen molar-refractivity contribution in [3.05, 3.63) is 57.7 Å². The highest BCUT2D eigenvalue weighted by atomic mass is 35.5. The third-order valence-electron chi connectivity index (χ3n) is 6.46. The molecule has 0 saturated heterocycles. The van der Waals surface area contributed by atoms with Crippen LogP contribution in [0.1, 0.15) is 31.0 Å². The van der Waals surface area contributed by atoms with Crippen LogP contribution in [-0.4, -0.2) is 52.6 Å². The van der Waals surface area contributed by atoms with Crippen LogP contribution in [0, 0.1) is 0 Å². The van der Waals surface area contributed by atoms with E-state index in [-0.39, 0.29) is 0 Å². The summed E-state index contributed by atoms with van der Waals surface area (Å²) >= 11 is 16.4. The molecular formula is C25H28Cl2N4S2. The summed E-state index contributed by atoms with van der Waals surface area (Å²) in [5.41, 5.74) is 4.90. The second-order valence-corrected chi connectivity index (χ2v) is 11.5. The molecule has 0 fully saturated rings. The lowest BCUT2D eigenvalue weighted by molar-refractivity contribution is 0.324. The van der Waals surface area contributed by atoms with Crippen LogP contribution in [0.3, 0.4) is 0 Å². The Morgan fingerprint density at radius 1 is 1.15 bits per heavy atom. The predicted molar refractivity (Wildman–Crippen MR) is 147 cm³/mol. The maximum Gasteiger partial charge on any atom is 0.186 e. The molecule has 1 atom stereocenters. The number of hydrogen-bond acceptors (Lipinski definition) is 5. The maximum atomic E-state index is 6.39. The van der Waals surface area contributed by atoms with E-state index >= 15 is 0 Å². The first-order valence-corrected chi connectivity index (χ1v) is 14.2. The first kappa shape index (κ1) is 23.3. The van der Waals surface area contributed by atoms with E-state index in [4.69, 9.17) is 28.2 Å². The minimum Gasteiger partial charge on any atom is -0.357 e. The molecule has 1 N–H and O–H groups in total. The number of rotatable bonds is 8. The van der Waals surface area contributed by atoms with Gasteiger partial charge in [-0.1, -0.05) is 48.4 Å². The number of thioether (sulfide) groups is 1. The molecule has 2 aromatic carbocycles. The van der Waals surface area contributed by atoms with E-state index in [2.05, 4.69) is 52.5 Å². The predicted octanol–water partition coefficient (Wildman–Crippen LogP) is 7.26. The van der Waals surface area contributed by atoms with Gasteiger partial charge in [0.15, 0.2) is 5.13 Å². The van der Waals surface area contributed by atoms with Crippen molar-refractivity contribution in [1.29, 1.82) is 0 Å². The molecule has 33 heavy (non-hydrogen) atoms. The molecule has 1 aliphatic rings. The van der Waals surface area contributed by atoms with Crippen molar-refractivity contribution in [1.82, 2.24) is 14.9 Å². The molecule has 0 spiro atoms. The zero-order valence-corrected chi connectivity index (χ0v) is 22.1. The number of benzene rings is 2. The molecule has 2 aromatic heterocycles. The van der Waals surface area contributed by atoms with E-state index in [0.29, 0.717) is 5.92 Å². The molecule has 0 radical (unpaired) electrons. The van der Waals surface area contributed by atoms with Crippen LogP contribution in [0.4, 0.5) is 5.13 Å². The molecule has 0 bridgehead atoms. The van der Waals surface area contributed by atoms with Crippen LogP contribution in [-0.2, 0) is 6.54 Å². The van der Waals surface area contributed by atoms with Crippen LogP contribution >= 0.6 is 46.3 Å². The SMILES string of the molecule is CCN(CC)CCSCC1CN(c2nc3ccc(Cl)cc3s2)Cc2[nH]c3ccc(Cl)cc3c21. The molecule has 8 heteroatoms. The number of H-pyrrole nitrogens is 1. The molecule has 0 aliphatic carbocycles. The Labute approximate surface area is 213 Å². The van der Waals surface area contributed by atoms with Gasteiger partial charge < -0.3 is 14.8 Å². The quantitative estimate of drug-likeness (QED) is 0.249.